The Hall–Kier alpha value is -2.10. The van der Waals surface area contributed by atoms with E-state index in [1.807, 2.05) is 0 Å². The van der Waals surface area contributed by atoms with Gasteiger partial charge in [0.15, 0.2) is 0 Å². The highest BCUT2D eigenvalue weighted by Crippen LogP contribution is 2.45. The molecular formula is C15H14FNO2. The zero-order valence-electron chi connectivity index (χ0n) is 10.6. The van der Waals surface area contributed by atoms with Crippen LogP contribution in [0.15, 0.2) is 35.1 Å². The Morgan fingerprint density at radius 3 is 2.68 bits per heavy atom. The summed E-state index contributed by atoms with van der Waals surface area (Å²) in [4.78, 5) is 11.8. The van der Waals surface area contributed by atoms with E-state index in [1.165, 1.54) is 28.8 Å². The lowest BCUT2D eigenvalue weighted by atomic mass is 10.0. The minimum absolute atomic E-state index is 0.00972. The second kappa shape index (κ2) is 4.23. The fourth-order valence-electron chi connectivity index (χ4n) is 2.41. The molecule has 98 valence electrons. The summed E-state index contributed by atoms with van der Waals surface area (Å²) in [5, 5.41) is 9.95. The SMILES string of the molecule is Cn1c(-c2cc(F)ccc2O)c(C2CC2)ccc1=O. The molecule has 1 aromatic heterocycles. The van der Waals surface area contributed by atoms with E-state index in [1.54, 1.807) is 13.1 Å². The van der Waals surface area contributed by atoms with Crippen molar-refractivity contribution >= 4 is 0 Å². The van der Waals surface area contributed by atoms with Gasteiger partial charge in [-0.05, 0) is 42.5 Å². The van der Waals surface area contributed by atoms with Gasteiger partial charge >= 0.3 is 0 Å². The number of nitrogens with zero attached hydrogens (tertiary/aromatic N) is 1. The molecule has 4 heteroatoms. The summed E-state index contributed by atoms with van der Waals surface area (Å²) in [6, 6.07) is 7.11. The summed E-state index contributed by atoms with van der Waals surface area (Å²) >= 11 is 0. The van der Waals surface area contributed by atoms with Crippen molar-refractivity contribution in [3.05, 3.63) is 52.1 Å². The van der Waals surface area contributed by atoms with Gasteiger partial charge in [-0.2, -0.15) is 0 Å². The molecule has 0 radical (unpaired) electrons. The average molecular weight is 259 g/mol. The second-order valence-electron chi connectivity index (χ2n) is 4.97. The van der Waals surface area contributed by atoms with Crippen LogP contribution >= 0.6 is 0 Å². The van der Waals surface area contributed by atoms with Crippen molar-refractivity contribution in [2.75, 3.05) is 0 Å². The zero-order valence-corrected chi connectivity index (χ0v) is 10.6. The van der Waals surface area contributed by atoms with Gasteiger partial charge in [0.25, 0.3) is 5.56 Å². The van der Waals surface area contributed by atoms with Crippen molar-refractivity contribution in [2.24, 2.45) is 7.05 Å². The third-order valence-electron chi connectivity index (χ3n) is 3.58. The summed E-state index contributed by atoms with van der Waals surface area (Å²) < 4.78 is 14.9. The van der Waals surface area contributed by atoms with Crippen LogP contribution in [0.3, 0.4) is 0 Å². The van der Waals surface area contributed by atoms with Crippen molar-refractivity contribution in [1.82, 2.24) is 4.57 Å². The predicted octanol–water partition coefficient (Wildman–Crippen LogP) is 2.77. The number of phenolic OH excluding ortho intramolecular Hbond substituents is 1. The molecule has 3 rings (SSSR count). The first kappa shape index (κ1) is 12.0. The first-order valence-electron chi connectivity index (χ1n) is 6.27. The van der Waals surface area contributed by atoms with E-state index in [2.05, 4.69) is 0 Å². The van der Waals surface area contributed by atoms with Crippen LogP contribution in [0.5, 0.6) is 5.75 Å². The number of aromatic hydroxyl groups is 1. The molecule has 1 aliphatic rings. The minimum Gasteiger partial charge on any atom is -0.507 e. The number of halogens is 1. The fourth-order valence-corrected chi connectivity index (χ4v) is 2.41. The quantitative estimate of drug-likeness (QED) is 0.901. The molecule has 0 spiro atoms. The largest absolute Gasteiger partial charge is 0.507 e. The maximum atomic E-state index is 13.4. The lowest BCUT2D eigenvalue weighted by Gasteiger charge is -2.15. The Kier molecular flexibility index (Phi) is 2.66. The standard InChI is InChI=1S/C15H14FNO2/c1-17-14(19)7-5-11(9-2-3-9)15(17)12-8-10(16)4-6-13(12)18/h4-9,18H,2-3H2,1H3. The summed E-state index contributed by atoms with van der Waals surface area (Å²) in [5.74, 6) is -0.0279. The molecule has 1 saturated carbocycles. The van der Waals surface area contributed by atoms with Gasteiger partial charge < -0.3 is 9.67 Å². The van der Waals surface area contributed by atoms with Gasteiger partial charge in [-0.3, -0.25) is 4.79 Å². The molecule has 0 amide bonds. The Morgan fingerprint density at radius 1 is 1.26 bits per heavy atom. The smallest absolute Gasteiger partial charge is 0.250 e. The zero-order chi connectivity index (χ0) is 13.6. The van der Waals surface area contributed by atoms with Crippen LogP contribution in [0.4, 0.5) is 4.39 Å². The van der Waals surface area contributed by atoms with Crippen LogP contribution in [0.1, 0.15) is 24.3 Å². The normalized spacial score (nSPS) is 14.6. The number of hydrogen-bond donors (Lipinski definition) is 1. The molecule has 3 nitrogen and oxygen atoms in total. The number of phenols is 1. The van der Waals surface area contributed by atoms with Crippen molar-refractivity contribution < 1.29 is 9.50 Å². The van der Waals surface area contributed by atoms with E-state index < -0.39 is 5.82 Å². The van der Waals surface area contributed by atoms with Crippen LogP contribution < -0.4 is 5.56 Å². The van der Waals surface area contributed by atoms with E-state index >= 15 is 0 Å². The summed E-state index contributed by atoms with van der Waals surface area (Å²) in [6.45, 7) is 0. The molecule has 1 heterocycles. The first-order chi connectivity index (χ1) is 9.08. The molecule has 1 fully saturated rings. The highest BCUT2D eigenvalue weighted by atomic mass is 19.1. The number of hydrogen-bond acceptors (Lipinski definition) is 2. The van der Waals surface area contributed by atoms with Crippen LogP contribution in [-0.2, 0) is 7.05 Å². The lowest BCUT2D eigenvalue weighted by molar-refractivity contribution is 0.474. The molecular weight excluding hydrogens is 245 g/mol. The van der Waals surface area contributed by atoms with Crippen molar-refractivity contribution in [3.8, 4) is 17.0 Å². The summed E-state index contributed by atoms with van der Waals surface area (Å²) in [5.41, 5.74) is 1.83. The van der Waals surface area contributed by atoms with E-state index in [-0.39, 0.29) is 11.3 Å². The van der Waals surface area contributed by atoms with E-state index in [9.17, 15) is 14.3 Å². The highest BCUT2D eigenvalue weighted by molar-refractivity contribution is 5.71. The number of pyridine rings is 1. The van der Waals surface area contributed by atoms with Crippen LogP contribution in [-0.4, -0.2) is 9.67 Å². The summed E-state index contributed by atoms with van der Waals surface area (Å²) in [7, 11) is 1.65. The third kappa shape index (κ3) is 2.03. The van der Waals surface area contributed by atoms with Gasteiger partial charge in [0, 0.05) is 18.7 Å². The van der Waals surface area contributed by atoms with E-state index in [0.29, 0.717) is 17.2 Å². The topological polar surface area (TPSA) is 42.2 Å². The molecule has 1 aromatic carbocycles. The number of rotatable bonds is 2. The molecule has 2 aromatic rings. The maximum absolute atomic E-state index is 13.4. The highest BCUT2D eigenvalue weighted by Gasteiger charge is 2.28. The van der Waals surface area contributed by atoms with Crippen molar-refractivity contribution in [2.45, 2.75) is 18.8 Å². The molecule has 0 aliphatic heterocycles. The minimum atomic E-state index is -0.425. The molecule has 0 bridgehead atoms. The maximum Gasteiger partial charge on any atom is 0.250 e. The molecule has 1 N–H and O–H groups in total. The van der Waals surface area contributed by atoms with Gasteiger partial charge in [0.1, 0.15) is 11.6 Å². The molecule has 0 saturated heterocycles. The van der Waals surface area contributed by atoms with Gasteiger partial charge in [-0.25, -0.2) is 4.39 Å². The van der Waals surface area contributed by atoms with Crippen molar-refractivity contribution in [1.29, 1.82) is 0 Å². The van der Waals surface area contributed by atoms with Gasteiger partial charge in [0.2, 0.25) is 0 Å². The van der Waals surface area contributed by atoms with E-state index in [0.717, 1.165) is 18.4 Å². The lowest BCUT2D eigenvalue weighted by Crippen LogP contribution is -2.18. The Balaban J connectivity index is 2.31. The van der Waals surface area contributed by atoms with Gasteiger partial charge in [-0.1, -0.05) is 6.07 Å². The van der Waals surface area contributed by atoms with Gasteiger partial charge in [-0.15, -0.1) is 0 Å². The number of aromatic nitrogens is 1. The van der Waals surface area contributed by atoms with Crippen LogP contribution in [0, 0.1) is 5.82 Å². The van der Waals surface area contributed by atoms with Crippen molar-refractivity contribution in [3.63, 3.8) is 0 Å². The van der Waals surface area contributed by atoms with Crippen LogP contribution in [0.2, 0.25) is 0 Å². The average Bonchev–Trinajstić information content (AvgIpc) is 3.20. The summed E-state index contributed by atoms with van der Waals surface area (Å²) in [6.07, 6.45) is 2.14. The Morgan fingerprint density at radius 2 is 2.00 bits per heavy atom. The molecule has 1 aliphatic carbocycles. The molecule has 0 unspecified atom stereocenters. The fraction of sp³-hybridized carbons (Fsp3) is 0.267. The third-order valence-corrected chi connectivity index (χ3v) is 3.58. The number of benzene rings is 1. The monoisotopic (exact) mass is 259 g/mol. The second-order valence-corrected chi connectivity index (χ2v) is 4.97. The Labute approximate surface area is 109 Å². The first-order valence-corrected chi connectivity index (χ1v) is 6.27. The van der Waals surface area contributed by atoms with Crippen LogP contribution in [0.25, 0.3) is 11.3 Å². The van der Waals surface area contributed by atoms with Gasteiger partial charge in [0.05, 0.1) is 5.69 Å². The predicted molar refractivity (Wildman–Crippen MR) is 70.7 cm³/mol. The molecule has 19 heavy (non-hydrogen) atoms. The van der Waals surface area contributed by atoms with E-state index in [4.69, 9.17) is 0 Å². The Bertz CT molecular complexity index is 702. The molecule has 0 atom stereocenters.